The van der Waals surface area contributed by atoms with Crippen LogP contribution in [0.15, 0.2) is 36.6 Å². The van der Waals surface area contributed by atoms with Crippen molar-refractivity contribution < 1.29 is 5.11 Å². The molecule has 0 aromatic rings. The Kier molecular flexibility index (Phi) is 14.2. The van der Waals surface area contributed by atoms with Gasteiger partial charge in [0.25, 0.3) is 0 Å². The van der Waals surface area contributed by atoms with Gasteiger partial charge < -0.3 is 5.11 Å². The monoisotopic (exact) mass is 236 g/mol. The second-order valence-electron chi connectivity index (χ2n) is 4.42. The van der Waals surface area contributed by atoms with E-state index < -0.39 is 0 Å². The second kappa shape index (κ2) is 15.0. The van der Waals surface area contributed by atoms with Crippen molar-refractivity contribution in [2.45, 2.75) is 64.7 Å². The van der Waals surface area contributed by atoms with Gasteiger partial charge in [0.1, 0.15) is 0 Å². The summed E-state index contributed by atoms with van der Waals surface area (Å²) in [5.41, 5.74) is 0. The Morgan fingerprint density at radius 1 is 0.706 bits per heavy atom. The molecule has 0 atom stereocenters. The third-order valence-electron chi connectivity index (χ3n) is 2.78. The largest absolute Gasteiger partial charge is 0.516 e. The fraction of sp³-hybridized carbons (Fsp3) is 0.625. The van der Waals surface area contributed by atoms with E-state index in [1.54, 1.807) is 6.08 Å². The highest BCUT2D eigenvalue weighted by Crippen LogP contribution is 2.09. The Labute approximate surface area is 107 Å². The zero-order chi connectivity index (χ0) is 12.6. The molecule has 1 nitrogen and oxygen atoms in total. The van der Waals surface area contributed by atoms with E-state index in [4.69, 9.17) is 5.11 Å². The van der Waals surface area contributed by atoms with Crippen molar-refractivity contribution in [2.75, 3.05) is 0 Å². The van der Waals surface area contributed by atoms with E-state index in [2.05, 4.69) is 13.0 Å². The van der Waals surface area contributed by atoms with Crippen molar-refractivity contribution in [3.8, 4) is 0 Å². The minimum atomic E-state index is 1.04. The molecule has 0 amide bonds. The molecule has 0 aliphatic heterocycles. The van der Waals surface area contributed by atoms with E-state index in [9.17, 15) is 0 Å². The molecule has 0 radical (unpaired) electrons. The summed E-state index contributed by atoms with van der Waals surface area (Å²) in [6, 6.07) is 0. The third-order valence-corrected chi connectivity index (χ3v) is 2.78. The maximum atomic E-state index is 8.39. The molecule has 1 heteroatoms. The van der Waals surface area contributed by atoms with Crippen LogP contribution >= 0.6 is 0 Å². The van der Waals surface area contributed by atoms with Crippen molar-refractivity contribution in [1.29, 1.82) is 0 Å². The van der Waals surface area contributed by atoms with Gasteiger partial charge in [-0.05, 0) is 18.9 Å². The van der Waals surface area contributed by atoms with Crippen LogP contribution in [0.25, 0.3) is 0 Å². The smallest absolute Gasteiger partial charge is 0.0791 e. The molecule has 0 saturated heterocycles. The van der Waals surface area contributed by atoms with Gasteiger partial charge in [0.05, 0.1) is 6.26 Å². The lowest BCUT2D eigenvalue weighted by molar-refractivity contribution is 0.474. The predicted molar refractivity (Wildman–Crippen MR) is 77.3 cm³/mol. The van der Waals surface area contributed by atoms with Gasteiger partial charge in [0, 0.05) is 0 Å². The summed E-state index contributed by atoms with van der Waals surface area (Å²) in [4.78, 5) is 0. The lowest BCUT2D eigenvalue weighted by Gasteiger charge is -1.99. The molecule has 0 rings (SSSR count). The van der Waals surface area contributed by atoms with Gasteiger partial charge in [-0.3, -0.25) is 0 Å². The average molecular weight is 236 g/mol. The van der Waals surface area contributed by atoms with Crippen molar-refractivity contribution >= 4 is 0 Å². The number of rotatable bonds is 11. The first-order chi connectivity index (χ1) is 8.41. The molecule has 0 spiro atoms. The van der Waals surface area contributed by atoms with Crippen LogP contribution in [-0.2, 0) is 0 Å². The molecule has 0 aromatic carbocycles. The Bertz CT molecular complexity index is 214. The van der Waals surface area contributed by atoms with Gasteiger partial charge in [-0.25, -0.2) is 0 Å². The van der Waals surface area contributed by atoms with Crippen LogP contribution in [0, 0.1) is 0 Å². The van der Waals surface area contributed by atoms with Crippen molar-refractivity contribution in [2.24, 2.45) is 0 Å². The molecule has 0 saturated carbocycles. The summed E-state index contributed by atoms with van der Waals surface area (Å²) < 4.78 is 0. The van der Waals surface area contributed by atoms with Crippen LogP contribution in [-0.4, -0.2) is 5.11 Å². The van der Waals surface area contributed by atoms with E-state index in [-0.39, 0.29) is 0 Å². The number of allylic oxidation sites excluding steroid dienone is 5. The SMILES string of the molecule is CCCCCCCCCC/C=C/C=C/C=C/O. The van der Waals surface area contributed by atoms with E-state index in [0.29, 0.717) is 0 Å². The van der Waals surface area contributed by atoms with Crippen molar-refractivity contribution in [1.82, 2.24) is 0 Å². The van der Waals surface area contributed by atoms with Crippen LogP contribution in [0.4, 0.5) is 0 Å². The zero-order valence-electron chi connectivity index (χ0n) is 11.3. The summed E-state index contributed by atoms with van der Waals surface area (Å²) >= 11 is 0. The first-order valence-electron chi connectivity index (χ1n) is 7.04. The van der Waals surface area contributed by atoms with Gasteiger partial charge in [-0.1, -0.05) is 76.2 Å². The molecule has 0 heterocycles. The van der Waals surface area contributed by atoms with Crippen molar-refractivity contribution in [3.63, 3.8) is 0 Å². The summed E-state index contributed by atoms with van der Waals surface area (Å²) in [7, 11) is 0. The number of aliphatic hydroxyl groups is 1. The minimum absolute atomic E-state index is 1.04. The highest BCUT2D eigenvalue weighted by atomic mass is 16.2. The maximum absolute atomic E-state index is 8.39. The molecule has 98 valence electrons. The minimum Gasteiger partial charge on any atom is -0.516 e. The van der Waals surface area contributed by atoms with Crippen LogP contribution in [0.2, 0.25) is 0 Å². The molecule has 17 heavy (non-hydrogen) atoms. The predicted octanol–water partition coefficient (Wildman–Crippen LogP) is 5.70. The molecule has 0 fully saturated rings. The summed E-state index contributed by atoms with van der Waals surface area (Å²) in [6.45, 7) is 2.26. The molecular weight excluding hydrogens is 208 g/mol. The Balaban J connectivity index is 3.12. The lowest BCUT2D eigenvalue weighted by atomic mass is 10.1. The molecule has 0 aliphatic rings. The van der Waals surface area contributed by atoms with Gasteiger partial charge in [0.15, 0.2) is 0 Å². The molecular formula is C16H28O. The summed E-state index contributed by atoms with van der Waals surface area (Å²) in [5, 5.41) is 8.39. The van der Waals surface area contributed by atoms with Crippen molar-refractivity contribution in [3.05, 3.63) is 36.6 Å². The van der Waals surface area contributed by atoms with E-state index >= 15 is 0 Å². The topological polar surface area (TPSA) is 20.2 Å². The zero-order valence-corrected chi connectivity index (χ0v) is 11.3. The molecule has 1 N–H and O–H groups in total. The second-order valence-corrected chi connectivity index (χ2v) is 4.42. The number of aliphatic hydroxyl groups excluding tert-OH is 1. The number of hydrogen-bond acceptors (Lipinski definition) is 1. The van der Waals surface area contributed by atoms with Crippen LogP contribution in [0.5, 0.6) is 0 Å². The third kappa shape index (κ3) is 15.0. The summed E-state index contributed by atoms with van der Waals surface area (Å²) in [5.74, 6) is 0. The van der Waals surface area contributed by atoms with Crippen LogP contribution in [0.3, 0.4) is 0 Å². The average Bonchev–Trinajstić information content (AvgIpc) is 2.35. The van der Waals surface area contributed by atoms with Crippen LogP contribution < -0.4 is 0 Å². The van der Waals surface area contributed by atoms with Gasteiger partial charge in [-0.2, -0.15) is 0 Å². The van der Waals surface area contributed by atoms with Gasteiger partial charge in [0.2, 0.25) is 0 Å². The van der Waals surface area contributed by atoms with Gasteiger partial charge >= 0.3 is 0 Å². The van der Waals surface area contributed by atoms with Gasteiger partial charge in [-0.15, -0.1) is 0 Å². The highest BCUT2D eigenvalue weighted by molar-refractivity contribution is 5.09. The van der Waals surface area contributed by atoms with E-state index in [1.165, 1.54) is 57.8 Å². The van der Waals surface area contributed by atoms with E-state index in [0.717, 1.165) is 6.26 Å². The lowest BCUT2D eigenvalue weighted by Crippen LogP contribution is -1.79. The first-order valence-corrected chi connectivity index (χ1v) is 7.04. The Hall–Kier alpha value is -0.980. The molecule has 0 aromatic heterocycles. The standard InChI is InChI=1S/C16H28O/c1-2-3-4-5-6-7-8-9-10-11-12-13-14-15-16-17/h11-17H,2-10H2,1H3/b12-11+,14-13+,16-15+. The number of unbranched alkanes of at least 4 members (excludes halogenated alkanes) is 8. The fourth-order valence-corrected chi connectivity index (χ4v) is 1.75. The Morgan fingerprint density at radius 2 is 1.29 bits per heavy atom. The summed E-state index contributed by atoms with van der Waals surface area (Å²) in [6.07, 6.45) is 22.9. The quantitative estimate of drug-likeness (QED) is 0.277. The normalized spacial score (nSPS) is 12.3. The van der Waals surface area contributed by atoms with E-state index in [1.807, 2.05) is 18.2 Å². The molecule has 0 bridgehead atoms. The highest BCUT2D eigenvalue weighted by Gasteiger charge is 1.89. The maximum Gasteiger partial charge on any atom is 0.0791 e. The number of hydrogen-bond donors (Lipinski definition) is 1. The molecule has 0 unspecified atom stereocenters. The Morgan fingerprint density at radius 3 is 1.94 bits per heavy atom. The molecule has 0 aliphatic carbocycles. The first kappa shape index (κ1) is 16.0. The van der Waals surface area contributed by atoms with Crippen LogP contribution in [0.1, 0.15) is 64.7 Å². The fourth-order valence-electron chi connectivity index (χ4n) is 1.75.